The first kappa shape index (κ1) is 15.6. The van der Waals surface area contributed by atoms with Gasteiger partial charge in [0, 0.05) is 6.04 Å². The fourth-order valence-electron chi connectivity index (χ4n) is 1.74. The van der Waals surface area contributed by atoms with Crippen molar-refractivity contribution in [2.45, 2.75) is 32.0 Å². The van der Waals surface area contributed by atoms with E-state index < -0.39 is 18.6 Å². The number of hydrogen-bond donors (Lipinski definition) is 1. The summed E-state index contributed by atoms with van der Waals surface area (Å²) >= 11 is 11.6. The predicted molar refractivity (Wildman–Crippen MR) is 68.3 cm³/mol. The van der Waals surface area contributed by atoms with E-state index in [0.29, 0.717) is 16.6 Å². The lowest BCUT2D eigenvalue weighted by Gasteiger charge is -2.19. The van der Waals surface area contributed by atoms with Gasteiger partial charge in [0.2, 0.25) is 0 Å². The molecule has 0 heterocycles. The maximum Gasteiger partial charge on any atom is 0.390 e. The Hall–Kier alpha value is -0.450. The Labute approximate surface area is 114 Å². The molecule has 0 amide bonds. The summed E-state index contributed by atoms with van der Waals surface area (Å²) < 4.78 is 37.2. The zero-order chi connectivity index (χ0) is 13.8. The second kappa shape index (κ2) is 6.64. The Morgan fingerprint density at radius 2 is 1.89 bits per heavy atom. The van der Waals surface area contributed by atoms with Crippen molar-refractivity contribution in [3.8, 4) is 0 Å². The Morgan fingerprint density at radius 1 is 1.22 bits per heavy atom. The highest BCUT2D eigenvalue weighted by molar-refractivity contribution is 6.42. The number of nitrogens with one attached hydrogen (secondary N) is 1. The number of halogens is 5. The predicted octanol–water partition coefficient (Wildman–Crippen LogP) is 4.47. The van der Waals surface area contributed by atoms with Crippen molar-refractivity contribution in [1.29, 1.82) is 0 Å². The number of rotatable bonds is 5. The molecule has 0 spiro atoms. The van der Waals surface area contributed by atoms with Crippen molar-refractivity contribution in [3.63, 3.8) is 0 Å². The SMILES string of the molecule is CCNC(Cc1ccc(Cl)c(Cl)c1)CC(F)(F)F. The summed E-state index contributed by atoms with van der Waals surface area (Å²) in [6.45, 7) is 2.26. The summed E-state index contributed by atoms with van der Waals surface area (Å²) in [4.78, 5) is 0. The van der Waals surface area contributed by atoms with E-state index in [1.54, 1.807) is 25.1 Å². The van der Waals surface area contributed by atoms with Gasteiger partial charge >= 0.3 is 6.18 Å². The van der Waals surface area contributed by atoms with E-state index in [1.165, 1.54) is 0 Å². The molecule has 1 N–H and O–H groups in total. The molecule has 1 unspecified atom stereocenters. The van der Waals surface area contributed by atoms with Crippen molar-refractivity contribution < 1.29 is 13.2 Å². The largest absolute Gasteiger partial charge is 0.390 e. The van der Waals surface area contributed by atoms with Gasteiger partial charge in [-0.15, -0.1) is 0 Å². The average Bonchev–Trinajstić information content (AvgIpc) is 2.21. The van der Waals surface area contributed by atoms with E-state index in [1.807, 2.05) is 0 Å². The molecule has 0 radical (unpaired) electrons. The summed E-state index contributed by atoms with van der Waals surface area (Å²) in [6.07, 6.45) is -4.77. The quantitative estimate of drug-likeness (QED) is 0.846. The van der Waals surface area contributed by atoms with E-state index in [2.05, 4.69) is 5.32 Å². The van der Waals surface area contributed by atoms with Crippen molar-refractivity contribution in [2.75, 3.05) is 6.54 Å². The van der Waals surface area contributed by atoms with E-state index in [-0.39, 0.29) is 6.42 Å². The molecule has 0 bridgehead atoms. The third-order valence-electron chi connectivity index (χ3n) is 2.44. The van der Waals surface area contributed by atoms with Crippen molar-refractivity contribution in [1.82, 2.24) is 5.32 Å². The molecule has 102 valence electrons. The van der Waals surface area contributed by atoms with Crippen LogP contribution in [0.4, 0.5) is 13.2 Å². The van der Waals surface area contributed by atoms with Gasteiger partial charge in [0.1, 0.15) is 0 Å². The standard InChI is InChI=1S/C12H14Cl2F3N/c1-2-18-9(7-12(15,16)17)5-8-3-4-10(13)11(14)6-8/h3-4,6,9,18H,2,5,7H2,1H3. The zero-order valence-electron chi connectivity index (χ0n) is 9.82. The van der Waals surface area contributed by atoms with E-state index in [0.717, 1.165) is 5.56 Å². The van der Waals surface area contributed by atoms with Crippen LogP contribution in [0, 0.1) is 0 Å². The van der Waals surface area contributed by atoms with E-state index >= 15 is 0 Å². The van der Waals surface area contributed by atoms with Crippen LogP contribution in [-0.2, 0) is 6.42 Å². The number of likely N-dealkylation sites (N-methyl/N-ethyl adjacent to an activating group) is 1. The average molecular weight is 300 g/mol. The third-order valence-corrected chi connectivity index (χ3v) is 3.18. The molecular weight excluding hydrogens is 286 g/mol. The van der Waals surface area contributed by atoms with Crippen LogP contribution in [-0.4, -0.2) is 18.8 Å². The van der Waals surface area contributed by atoms with Crippen LogP contribution in [0.3, 0.4) is 0 Å². The first-order valence-electron chi connectivity index (χ1n) is 5.56. The summed E-state index contributed by atoms with van der Waals surface area (Å²) in [6, 6.07) is 4.24. The molecule has 0 aromatic heterocycles. The van der Waals surface area contributed by atoms with Crippen molar-refractivity contribution in [3.05, 3.63) is 33.8 Å². The van der Waals surface area contributed by atoms with E-state index in [9.17, 15) is 13.2 Å². The Balaban J connectivity index is 2.73. The summed E-state index contributed by atoms with van der Waals surface area (Å²) in [5.74, 6) is 0. The Kier molecular flexibility index (Phi) is 5.76. The van der Waals surface area contributed by atoms with Gasteiger partial charge in [0.25, 0.3) is 0 Å². The second-order valence-electron chi connectivity index (χ2n) is 4.03. The van der Waals surface area contributed by atoms with Crippen LogP contribution in [0.5, 0.6) is 0 Å². The monoisotopic (exact) mass is 299 g/mol. The van der Waals surface area contributed by atoms with Crippen LogP contribution in [0.15, 0.2) is 18.2 Å². The molecule has 0 aliphatic carbocycles. The minimum absolute atomic E-state index is 0.268. The summed E-state index contributed by atoms with van der Waals surface area (Å²) in [5, 5.41) is 3.58. The molecular formula is C12H14Cl2F3N. The van der Waals surface area contributed by atoms with Crippen LogP contribution < -0.4 is 5.32 Å². The van der Waals surface area contributed by atoms with Gasteiger partial charge < -0.3 is 5.32 Å². The molecule has 18 heavy (non-hydrogen) atoms. The third kappa shape index (κ3) is 5.46. The van der Waals surface area contributed by atoms with Gasteiger partial charge in [-0.3, -0.25) is 0 Å². The highest BCUT2D eigenvalue weighted by atomic mass is 35.5. The van der Waals surface area contributed by atoms with Crippen LogP contribution in [0.25, 0.3) is 0 Å². The Morgan fingerprint density at radius 3 is 2.39 bits per heavy atom. The summed E-state index contributed by atoms with van der Waals surface area (Å²) in [5.41, 5.74) is 0.736. The lowest BCUT2D eigenvalue weighted by Crippen LogP contribution is -2.35. The van der Waals surface area contributed by atoms with Gasteiger partial charge in [-0.25, -0.2) is 0 Å². The molecule has 0 aliphatic rings. The molecule has 1 nitrogen and oxygen atoms in total. The zero-order valence-corrected chi connectivity index (χ0v) is 11.3. The fraction of sp³-hybridized carbons (Fsp3) is 0.500. The van der Waals surface area contributed by atoms with Gasteiger partial charge in [-0.1, -0.05) is 36.2 Å². The van der Waals surface area contributed by atoms with Crippen molar-refractivity contribution >= 4 is 23.2 Å². The number of benzene rings is 1. The molecule has 1 aromatic rings. The molecule has 1 rings (SSSR count). The first-order valence-corrected chi connectivity index (χ1v) is 6.31. The summed E-state index contributed by atoms with van der Waals surface area (Å²) in [7, 11) is 0. The highest BCUT2D eigenvalue weighted by Crippen LogP contribution is 2.26. The molecule has 0 aliphatic heterocycles. The van der Waals surface area contributed by atoms with Crippen LogP contribution in [0.2, 0.25) is 10.0 Å². The molecule has 1 aromatic carbocycles. The molecule has 6 heteroatoms. The lowest BCUT2D eigenvalue weighted by molar-refractivity contribution is -0.139. The van der Waals surface area contributed by atoms with Gasteiger partial charge in [0.05, 0.1) is 16.5 Å². The van der Waals surface area contributed by atoms with E-state index in [4.69, 9.17) is 23.2 Å². The minimum atomic E-state index is -4.18. The second-order valence-corrected chi connectivity index (χ2v) is 4.84. The fourth-order valence-corrected chi connectivity index (χ4v) is 2.06. The molecule has 0 saturated carbocycles. The topological polar surface area (TPSA) is 12.0 Å². The number of hydrogen-bond acceptors (Lipinski definition) is 1. The highest BCUT2D eigenvalue weighted by Gasteiger charge is 2.31. The van der Waals surface area contributed by atoms with Gasteiger partial charge in [-0.05, 0) is 30.7 Å². The lowest BCUT2D eigenvalue weighted by atomic mass is 10.0. The minimum Gasteiger partial charge on any atom is -0.314 e. The van der Waals surface area contributed by atoms with Gasteiger partial charge in [-0.2, -0.15) is 13.2 Å². The maximum absolute atomic E-state index is 12.4. The van der Waals surface area contributed by atoms with Crippen LogP contribution in [0.1, 0.15) is 18.9 Å². The molecule has 1 atom stereocenters. The number of alkyl halides is 3. The molecule has 0 fully saturated rings. The maximum atomic E-state index is 12.4. The molecule has 0 saturated heterocycles. The normalized spacial score (nSPS) is 13.7. The van der Waals surface area contributed by atoms with Crippen molar-refractivity contribution in [2.24, 2.45) is 0 Å². The smallest absolute Gasteiger partial charge is 0.314 e. The van der Waals surface area contributed by atoms with Gasteiger partial charge in [0.15, 0.2) is 0 Å². The Bertz CT molecular complexity index is 393. The van der Waals surface area contributed by atoms with Crippen LogP contribution >= 0.6 is 23.2 Å². The first-order chi connectivity index (χ1) is 8.31.